The molecule has 0 fully saturated rings. The van der Waals surface area contributed by atoms with Crippen LogP contribution in [0.2, 0.25) is 0 Å². The lowest BCUT2D eigenvalue weighted by atomic mass is 10.1. The highest BCUT2D eigenvalue weighted by Crippen LogP contribution is 2.30. The Hall–Kier alpha value is -3.92. The number of nitrogens with two attached hydrogens (primary N) is 1. The summed E-state index contributed by atoms with van der Waals surface area (Å²) in [6, 6.07) is 15.8. The van der Waals surface area contributed by atoms with Crippen molar-refractivity contribution in [2.24, 2.45) is 0 Å². The molecule has 4 aromatic rings. The lowest BCUT2D eigenvalue weighted by Crippen LogP contribution is -2.19. The molecule has 9 nitrogen and oxygen atoms in total. The number of methoxy groups -OCH3 is 1. The van der Waals surface area contributed by atoms with Gasteiger partial charge in [0.2, 0.25) is 11.6 Å². The minimum atomic E-state index is -4.50. The van der Waals surface area contributed by atoms with E-state index in [2.05, 4.69) is 10.1 Å². The monoisotopic (exact) mass is 452 g/mol. The molecule has 0 aliphatic carbocycles. The van der Waals surface area contributed by atoms with Gasteiger partial charge in [-0.15, -0.1) is 4.09 Å². The quantitative estimate of drug-likeness (QED) is 0.456. The molecule has 0 saturated heterocycles. The standard InChI is InChI=1S/C22H20N4O5S/c1-13-4-8-15(9-5-13)17-12-18(23)26(25-17)32(28,29)22-19(21(27)30-3)24-20(31-22)16-10-6-14(2)7-11-16/h4-12H,23H2,1-3H3. The summed E-state index contributed by atoms with van der Waals surface area (Å²) in [6.07, 6.45) is 0. The van der Waals surface area contributed by atoms with E-state index in [4.69, 9.17) is 14.9 Å². The van der Waals surface area contributed by atoms with Gasteiger partial charge in [-0.05, 0) is 26.0 Å². The number of carbonyl (C=O) groups excluding carboxylic acids is 1. The van der Waals surface area contributed by atoms with Gasteiger partial charge in [0, 0.05) is 17.2 Å². The lowest BCUT2D eigenvalue weighted by molar-refractivity contribution is 0.0587. The van der Waals surface area contributed by atoms with E-state index in [0.717, 1.165) is 18.2 Å². The van der Waals surface area contributed by atoms with Crippen molar-refractivity contribution in [1.82, 2.24) is 14.2 Å². The third-order valence-corrected chi connectivity index (χ3v) is 6.28. The summed E-state index contributed by atoms with van der Waals surface area (Å²) in [5.41, 5.74) is 9.05. The van der Waals surface area contributed by atoms with Crippen LogP contribution in [0.4, 0.5) is 5.82 Å². The Labute approximate surface area is 184 Å². The molecule has 0 atom stereocenters. The Balaban J connectivity index is 1.84. The minimum Gasteiger partial charge on any atom is -0.464 e. The number of esters is 1. The molecule has 0 unspecified atom stereocenters. The topological polar surface area (TPSA) is 130 Å². The van der Waals surface area contributed by atoms with Crippen LogP contribution in [0.3, 0.4) is 0 Å². The third-order valence-electron chi connectivity index (χ3n) is 4.79. The Bertz CT molecular complexity index is 1400. The van der Waals surface area contributed by atoms with Crippen LogP contribution in [0.25, 0.3) is 22.7 Å². The number of hydrogen-bond acceptors (Lipinski definition) is 8. The van der Waals surface area contributed by atoms with Crippen molar-refractivity contribution in [2.45, 2.75) is 18.9 Å². The Morgan fingerprint density at radius 3 is 2.12 bits per heavy atom. The normalized spacial score (nSPS) is 11.5. The first-order valence-corrected chi connectivity index (χ1v) is 11.0. The second-order valence-corrected chi connectivity index (χ2v) is 8.85. The summed E-state index contributed by atoms with van der Waals surface area (Å²) in [6.45, 7) is 3.84. The van der Waals surface area contributed by atoms with Gasteiger partial charge in [-0.2, -0.15) is 13.5 Å². The molecule has 2 aromatic heterocycles. The summed E-state index contributed by atoms with van der Waals surface area (Å²) < 4.78 is 37.6. The zero-order valence-corrected chi connectivity index (χ0v) is 18.4. The molecule has 0 radical (unpaired) electrons. The van der Waals surface area contributed by atoms with E-state index in [1.54, 1.807) is 24.3 Å². The van der Waals surface area contributed by atoms with Crippen molar-refractivity contribution < 1.29 is 22.4 Å². The summed E-state index contributed by atoms with van der Waals surface area (Å²) >= 11 is 0. The van der Waals surface area contributed by atoms with E-state index in [1.807, 2.05) is 38.1 Å². The summed E-state index contributed by atoms with van der Waals surface area (Å²) in [5.74, 6) is -1.16. The van der Waals surface area contributed by atoms with Crippen molar-refractivity contribution in [1.29, 1.82) is 0 Å². The van der Waals surface area contributed by atoms with Gasteiger partial charge in [0.1, 0.15) is 5.82 Å². The number of oxazole rings is 1. The second-order valence-electron chi connectivity index (χ2n) is 7.18. The average Bonchev–Trinajstić information content (AvgIpc) is 3.39. The maximum Gasteiger partial charge on any atom is 0.361 e. The van der Waals surface area contributed by atoms with E-state index in [1.165, 1.54) is 6.07 Å². The fourth-order valence-electron chi connectivity index (χ4n) is 3.04. The van der Waals surface area contributed by atoms with E-state index < -0.39 is 26.8 Å². The van der Waals surface area contributed by atoms with Crippen molar-refractivity contribution in [3.8, 4) is 22.7 Å². The van der Waals surface area contributed by atoms with Crippen LogP contribution in [-0.4, -0.2) is 35.7 Å². The van der Waals surface area contributed by atoms with Gasteiger partial charge in [0.15, 0.2) is 0 Å². The molecule has 0 aliphatic rings. The fourth-order valence-corrected chi connectivity index (χ4v) is 4.28. The van der Waals surface area contributed by atoms with Gasteiger partial charge in [-0.1, -0.05) is 47.5 Å². The number of anilines is 1. The summed E-state index contributed by atoms with van der Waals surface area (Å²) in [5, 5.41) is 3.44. The van der Waals surface area contributed by atoms with Crippen molar-refractivity contribution >= 4 is 21.8 Å². The molecule has 2 heterocycles. The van der Waals surface area contributed by atoms with Crippen molar-refractivity contribution in [2.75, 3.05) is 12.8 Å². The maximum atomic E-state index is 13.4. The number of aromatic nitrogens is 3. The van der Waals surface area contributed by atoms with Crippen LogP contribution >= 0.6 is 0 Å². The number of nitrogens with zero attached hydrogens (tertiary/aromatic N) is 3. The summed E-state index contributed by atoms with van der Waals surface area (Å²) in [7, 11) is -3.37. The number of ether oxygens (including phenoxy) is 1. The molecule has 10 heteroatoms. The third kappa shape index (κ3) is 3.76. The van der Waals surface area contributed by atoms with Gasteiger partial charge < -0.3 is 14.9 Å². The SMILES string of the molecule is COC(=O)c1nc(-c2ccc(C)cc2)oc1S(=O)(=O)n1nc(-c2ccc(C)cc2)cc1N. The Kier molecular flexibility index (Phi) is 5.31. The Morgan fingerprint density at radius 1 is 1.00 bits per heavy atom. The largest absolute Gasteiger partial charge is 0.464 e. The number of hydrogen-bond donors (Lipinski definition) is 1. The van der Waals surface area contributed by atoms with Crippen LogP contribution in [0.1, 0.15) is 21.6 Å². The maximum absolute atomic E-state index is 13.4. The molecule has 0 amide bonds. The zero-order valence-electron chi connectivity index (χ0n) is 17.6. The molecule has 2 aromatic carbocycles. The molecule has 2 N–H and O–H groups in total. The average molecular weight is 452 g/mol. The molecule has 0 spiro atoms. The van der Waals surface area contributed by atoms with Gasteiger partial charge in [0.05, 0.1) is 12.8 Å². The van der Waals surface area contributed by atoms with E-state index in [0.29, 0.717) is 20.9 Å². The Morgan fingerprint density at radius 2 is 1.56 bits per heavy atom. The predicted octanol–water partition coefficient (Wildman–Crippen LogP) is 3.43. The second kappa shape index (κ2) is 7.97. The van der Waals surface area contributed by atoms with E-state index in [9.17, 15) is 13.2 Å². The molecule has 32 heavy (non-hydrogen) atoms. The van der Waals surface area contributed by atoms with Crippen LogP contribution < -0.4 is 5.73 Å². The number of nitrogen functional groups attached to an aromatic ring is 1. The predicted molar refractivity (Wildman–Crippen MR) is 117 cm³/mol. The molecule has 0 saturated carbocycles. The van der Waals surface area contributed by atoms with Crippen LogP contribution in [0, 0.1) is 13.8 Å². The molecule has 0 bridgehead atoms. The first-order chi connectivity index (χ1) is 15.2. The number of carbonyl (C=O) groups is 1. The van der Waals surface area contributed by atoms with Gasteiger partial charge in [0.25, 0.3) is 5.09 Å². The molecular formula is C22H20N4O5S. The van der Waals surface area contributed by atoms with Gasteiger partial charge in [-0.3, -0.25) is 0 Å². The molecular weight excluding hydrogens is 432 g/mol. The summed E-state index contributed by atoms with van der Waals surface area (Å²) in [4.78, 5) is 16.4. The van der Waals surface area contributed by atoms with E-state index in [-0.39, 0.29) is 11.7 Å². The van der Waals surface area contributed by atoms with Crippen LogP contribution in [0.15, 0.2) is 64.1 Å². The lowest BCUT2D eigenvalue weighted by Gasteiger charge is -2.04. The number of rotatable bonds is 5. The zero-order chi connectivity index (χ0) is 23.0. The van der Waals surface area contributed by atoms with Crippen LogP contribution in [0.5, 0.6) is 0 Å². The van der Waals surface area contributed by atoms with Crippen molar-refractivity contribution in [3.05, 3.63) is 71.4 Å². The smallest absolute Gasteiger partial charge is 0.361 e. The van der Waals surface area contributed by atoms with E-state index >= 15 is 0 Å². The molecule has 0 aliphatic heterocycles. The molecule has 4 rings (SSSR count). The molecule has 164 valence electrons. The number of aryl methyl sites for hydroxylation is 2. The van der Waals surface area contributed by atoms with Gasteiger partial charge in [-0.25, -0.2) is 9.78 Å². The minimum absolute atomic E-state index is 0.0477. The fraction of sp³-hybridized carbons (Fsp3) is 0.136. The van der Waals surface area contributed by atoms with Crippen molar-refractivity contribution in [3.63, 3.8) is 0 Å². The van der Waals surface area contributed by atoms with Crippen LogP contribution in [-0.2, 0) is 14.8 Å². The highest BCUT2D eigenvalue weighted by molar-refractivity contribution is 7.89. The highest BCUT2D eigenvalue weighted by atomic mass is 32.2. The first kappa shape index (κ1) is 21.3. The first-order valence-electron chi connectivity index (χ1n) is 9.55. The highest BCUT2D eigenvalue weighted by Gasteiger charge is 2.34. The number of benzene rings is 2. The van der Waals surface area contributed by atoms with Gasteiger partial charge >= 0.3 is 16.0 Å².